The van der Waals surface area contributed by atoms with Gasteiger partial charge >= 0.3 is 0 Å². The van der Waals surface area contributed by atoms with Gasteiger partial charge in [0, 0.05) is 18.0 Å². The third-order valence-electron chi connectivity index (χ3n) is 3.88. The smallest absolute Gasteiger partial charge is 0.260 e. The normalized spacial score (nSPS) is 16.5. The summed E-state index contributed by atoms with van der Waals surface area (Å²) in [6, 6.07) is 7.25. The second-order valence-electron chi connectivity index (χ2n) is 5.55. The van der Waals surface area contributed by atoms with Crippen molar-refractivity contribution in [2.24, 2.45) is 0 Å². The van der Waals surface area contributed by atoms with Crippen molar-refractivity contribution in [3.8, 4) is 5.75 Å². The number of benzene rings is 1. The number of rotatable bonds is 6. The summed E-state index contributed by atoms with van der Waals surface area (Å²) < 4.78 is 5.63. The van der Waals surface area contributed by atoms with Gasteiger partial charge in [0.1, 0.15) is 5.75 Å². The molecule has 1 saturated carbocycles. The maximum Gasteiger partial charge on any atom is 0.260 e. The molecule has 4 nitrogen and oxygen atoms in total. The van der Waals surface area contributed by atoms with E-state index in [1.807, 2.05) is 6.92 Å². The van der Waals surface area contributed by atoms with Crippen LogP contribution in [0.25, 0.3) is 0 Å². The van der Waals surface area contributed by atoms with Crippen molar-refractivity contribution in [3.05, 3.63) is 29.8 Å². The number of carbonyl (C=O) groups excluding carboxylic acids is 2. The largest absolute Gasteiger partial charge is 0.481 e. The molecule has 1 amide bonds. The van der Waals surface area contributed by atoms with E-state index in [4.69, 9.17) is 4.74 Å². The molecule has 21 heavy (non-hydrogen) atoms. The number of ether oxygens (including phenoxy) is 1. The Hall–Kier alpha value is -1.84. The van der Waals surface area contributed by atoms with E-state index in [9.17, 15) is 9.59 Å². The van der Waals surface area contributed by atoms with E-state index in [1.54, 1.807) is 31.2 Å². The third kappa shape index (κ3) is 4.31. The molecule has 1 atom stereocenters. The molecule has 1 aromatic rings. The lowest BCUT2D eigenvalue weighted by molar-refractivity contribution is -0.127. The van der Waals surface area contributed by atoms with Gasteiger partial charge in [0.2, 0.25) is 0 Å². The van der Waals surface area contributed by atoms with Crippen LogP contribution in [0.15, 0.2) is 24.3 Å². The zero-order chi connectivity index (χ0) is 15.2. The highest BCUT2D eigenvalue weighted by Gasteiger charge is 2.21. The Labute approximate surface area is 125 Å². The number of Topliss-reactive ketones (excluding diaryl/α,β-unsaturated/α-hetero) is 1. The Morgan fingerprint density at radius 2 is 1.86 bits per heavy atom. The lowest BCUT2D eigenvalue weighted by atomic mass is 10.1. The van der Waals surface area contributed by atoms with Crippen LogP contribution in [-0.2, 0) is 4.79 Å². The van der Waals surface area contributed by atoms with Gasteiger partial charge in [-0.2, -0.15) is 0 Å². The summed E-state index contributed by atoms with van der Waals surface area (Å²) in [5.74, 6) is 0.640. The van der Waals surface area contributed by atoms with Crippen molar-refractivity contribution >= 4 is 11.7 Å². The second kappa shape index (κ2) is 7.25. The van der Waals surface area contributed by atoms with Gasteiger partial charge in [-0.1, -0.05) is 19.8 Å². The Balaban J connectivity index is 1.87. The summed E-state index contributed by atoms with van der Waals surface area (Å²) in [6.45, 7) is 3.58. The summed E-state index contributed by atoms with van der Waals surface area (Å²) in [5, 5.41) is 3.02. The van der Waals surface area contributed by atoms with Crippen molar-refractivity contribution in [2.75, 3.05) is 0 Å². The molecule has 0 bridgehead atoms. The second-order valence-corrected chi connectivity index (χ2v) is 5.55. The van der Waals surface area contributed by atoms with Crippen molar-refractivity contribution in [1.82, 2.24) is 5.32 Å². The molecule has 1 aliphatic rings. The highest BCUT2D eigenvalue weighted by Crippen LogP contribution is 2.18. The van der Waals surface area contributed by atoms with Crippen molar-refractivity contribution in [3.63, 3.8) is 0 Å². The van der Waals surface area contributed by atoms with Crippen LogP contribution in [0.2, 0.25) is 0 Å². The van der Waals surface area contributed by atoms with Gasteiger partial charge in [0.25, 0.3) is 5.91 Å². The van der Waals surface area contributed by atoms with Crippen LogP contribution in [-0.4, -0.2) is 23.8 Å². The van der Waals surface area contributed by atoms with Gasteiger partial charge in [-0.05, 0) is 44.0 Å². The standard InChI is InChI=1S/C17H23NO3/c1-3-16(19)13-8-10-15(11-9-13)21-12(2)17(20)18-14-6-4-5-7-14/h8-12,14H,3-7H2,1-2H3,(H,18,20)/t12-/m0/s1. The van der Waals surface area contributed by atoms with Gasteiger partial charge in [-0.3, -0.25) is 9.59 Å². The summed E-state index contributed by atoms with van der Waals surface area (Å²) in [4.78, 5) is 23.6. The Morgan fingerprint density at radius 3 is 2.43 bits per heavy atom. The van der Waals surface area contributed by atoms with Crippen molar-refractivity contribution < 1.29 is 14.3 Å². The first-order chi connectivity index (χ1) is 10.1. The fraction of sp³-hybridized carbons (Fsp3) is 0.529. The molecule has 1 aromatic carbocycles. The zero-order valence-corrected chi connectivity index (χ0v) is 12.7. The summed E-state index contributed by atoms with van der Waals surface area (Å²) >= 11 is 0. The van der Waals surface area contributed by atoms with Crippen molar-refractivity contribution in [1.29, 1.82) is 0 Å². The van der Waals surface area contributed by atoms with E-state index in [-0.39, 0.29) is 11.7 Å². The number of hydrogen-bond acceptors (Lipinski definition) is 3. The zero-order valence-electron chi connectivity index (χ0n) is 12.7. The van der Waals surface area contributed by atoms with Gasteiger partial charge in [-0.25, -0.2) is 0 Å². The fourth-order valence-electron chi connectivity index (χ4n) is 2.57. The molecule has 0 aliphatic heterocycles. The number of ketones is 1. The molecular weight excluding hydrogens is 266 g/mol. The first-order valence-electron chi connectivity index (χ1n) is 7.70. The minimum atomic E-state index is -0.529. The average Bonchev–Trinajstić information content (AvgIpc) is 3.00. The number of nitrogens with one attached hydrogen (secondary N) is 1. The van der Waals surface area contributed by atoms with Crippen LogP contribution < -0.4 is 10.1 Å². The monoisotopic (exact) mass is 289 g/mol. The average molecular weight is 289 g/mol. The van der Waals surface area contributed by atoms with Crippen molar-refractivity contribution in [2.45, 2.75) is 58.1 Å². The molecule has 0 saturated heterocycles. The summed E-state index contributed by atoms with van der Waals surface area (Å²) in [7, 11) is 0. The Kier molecular flexibility index (Phi) is 5.37. The van der Waals surface area contributed by atoms with Crippen LogP contribution in [0, 0.1) is 0 Å². The van der Waals surface area contributed by atoms with Gasteiger partial charge in [0.15, 0.2) is 11.9 Å². The number of amides is 1. The molecule has 4 heteroatoms. The van der Waals surface area contributed by atoms with E-state index in [0.29, 0.717) is 23.8 Å². The van der Waals surface area contributed by atoms with Crippen LogP contribution in [0.4, 0.5) is 0 Å². The fourth-order valence-corrected chi connectivity index (χ4v) is 2.57. The summed E-state index contributed by atoms with van der Waals surface area (Å²) in [5.41, 5.74) is 0.674. The molecule has 0 radical (unpaired) electrons. The van der Waals surface area contributed by atoms with E-state index < -0.39 is 6.10 Å². The minimum absolute atomic E-state index is 0.0735. The molecule has 0 heterocycles. The van der Waals surface area contributed by atoms with E-state index >= 15 is 0 Å². The van der Waals surface area contributed by atoms with Gasteiger partial charge < -0.3 is 10.1 Å². The lowest BCUT2D eigenvalue weighted by Gasteiger charge is -2.18. The molecule has 1 fully saturated rings. The predicted octanol–water partition coefficient (Wildman–Crippen LogP) is 3.11. The molecule has 0 aromatic heterocycles. The highest BCUT2D eigenvalue weighted by molar-refractivity contribution is 5.95. The van der Waals surface area contributed by atoms with Gasteiger partial charge in [0.05, 0.1) is 0 Å². The van der Waals surface area contributed by atoms with E-state index in [1.165, 1.54) is 12.8 Å². The van der Waals surface area contributed by atoms with Gasteiger partial charge in [-0.15, -0.1) is 0 Å². The quantitative estimate of drug-likeness (QED) is 0.819. The molecule has 0 spiro atoms. The lowest BCUT2D eigenvalue weighted by Crippen LogP contribution is -2.41. The predicted molar refractivity (Wildman–Crippen MR) is 81.6 cm³/mol. The number of carbonyl (C=O) groups is 2. The van der Waals surface area contributed by atoms with E-state index in [0.717, 1.165) is 12.8 Å². The minimum Gasteiger partial charge on any atom is -0.481 e. The maximum atomic E-state index is 12.0. The Morgan fingerprint density at radius 1 is 1.24 bits per heavy atom. The van der Waals surface area contributed by atoms with Crippen LogP contribution in [0.5, 0.6) is 5.75 Å². The highest BCUT2D eigenvalue weighted by atomic mass is 16.5. The third-order valence-corrected chi connectivity index (χ3v) is 3.88. The first-order valence-corrected chi connectivity index (χ1v) is 7.70. The van der Waals surface area contributed by atoms with Crippen LogP contribution in [0.1, 0.15) is 56.3 Å². The van der Waals surface area contributed by atoms with Crippen LogP contribution in [0.3, 0.4) is 0 Å². The SMILES string of the molecule is CCC(=O)c1ccc(O[C@@H](C)C(=O)NC2CCCC2)cc1. The first kappa shape index (κ1) is 15.5. The molecule has 114 valence electrons. The van der Waals surface area contributed by atoms with E-state index in [2.05, 4.69) is 5.32 Å². The summed E-state index contributed by atoms with van der Waals surface area (Å²) in [6.07, 6.45) is 4.46. The molecule has 2 rings (SSSR count). The molecule has 1 aliphatic carbocycles. The topological polar surface area (TPSA) is 55.4 Å². The maximum absolute atomic E-state index is 12.0. The molecule has 0 unspecified atom stereocenters. The molecule has 1 N–H and O–H groups in total. The Bertz CT molecular complexity index is 489. The van der Waals surface area contributed by atoms with Crippen LogP contribution >= 0.6 is 0 Å². The molecular formula is C17H23NO3. The number of hydrogen-bond donors (Lipinski definition) is 1.